The third-order valence-corrected chi connectivity index (χ3v) is 3.66. The second kappa shape index (κ2) is 4.70. The van der Waals surface area contributed by atoms with Crippen LogP contribution in [0.15, 0.2) is 18.2 Å². The third kappa shape index (κ3) is 1.88. The summed E-state index contributed by atoms with van der Waals surface area (Å²) in [5, 5.41) is 2.73. The Morgan fingerprint density at radius 2 is 2.05 bits per heavy atom. The lowest BCUT2D eigenvalue weighted by Gasteiger charge is -2.37. The van der Waals surface area contributed by atoms with Crippen molar-refractivity contribution in [3.8, 4) is 11.5 Å². The smallest absolute Gasteiger partial charge is 0.250 e. The third-order valence-electron chi connectivity index (χ3n) is 3.66. The lowest BCUT2D eigenvalue weighted by atomic mass is 10.0. The minimum Gasteiger partial charge on any atom is -0.454 e. The summed E-state index contributed by atoms with van der Waals surface area (Å²) in [5.41, 5.74) is 0.653. The van der Waals surface area contributed by atoms with Crippen LogP contribution < -0.4 is 19.7 Å². The zero-order chi connectivity index (χ0) is 14.3. The molecular formula is C14H16N2O4. The summed E-state index contributed by atoms with van der Waals surface area (Å²) in [7, 11) is 0. The van der Waals surface area contributed by atoms with E-state index in [1.807, 2.05) is 6.92 Å². The van der Waals surface area contributed by atoms with Gasteiger partial charge in [0.1, 0.15) is 12.1 Å². The molecule has 2 heterocycles. The highest BCUT2D eigenvalue weighted by Crippen LogP contribution is 2.36. The second-order valence-electron chi connectivity index (χ2n) is 4.89. The fraction of sp³-hybridized carbons (Fsp3) is 0.429. The number of ether oxygens (including phenoxy) is 2. The molecule has 2 amide bonds. The van der Waals surface area contributed by atoms with E-state index in [1.165, 1.54) is 4.90 Å². The number of benzene rings is 1. The fourth-order valence-corrected chi connectivity index (χ4v) is 2.49. The quantitative estimate of drug-likeness (QED) is 0.876. The topological polar surface area (TPSA) is 67.9 Å². The average molecular weight is 276 g/mol. The molecule has 1 fully saturated rings. The van der Waals surface area contributed by atoms with Gasteiger partial charge in [0.25, 0.3) is 0 Å². The van der Waals surface area contributed by atoms with Crippen LogP contribution in [0.4, 0.5) is 5.69 Å². The van der Waals surface area contributed by atoms with E-state index in [4.69, 9.17) is 9.47 Å². The summed E-state index contributed by atoms with van der Waals surface area (Å²) in [6.07, 6.45) is 0.568. The number of piperazine rings is 1. The lowest BCUT2D eigenvalue weighted by molar-refractivity contribution is -0.133. The van der Waals surface area contributed by atoms with Gasteiger partial charge < -0.3 is 14.8 Å². The zero-order valence-corrected chi connectivity index (χ0v) is 11.4. The van der Waals surface area contributed by atoms with Gasteiger partial charge in [-0.15, -0.1) is 0 Å². The van der Waals surface area contributed by atoms with Gasteiger partial charge in [-0.3, -0.25) is 14.5 Å². The number of anilines is 1. The molecule has 6 heteroatoms. The van der Waals surface area contributed by atoms with Crippen LogP contribution >= 0.6 is 0 Å². The number of rotatable bonds is 2. The standard InChI is InChI=1S/C14H16N2O4/c1-3-10-14(18)16(8(2)13(17)15-10)9-4-5-11-12(6-9)20-7-19-11/h4-6,8,10H,3,7H2,1-2H3,(H,15,17). The Hall–Kier alpha value is -2.24. The Balaban J connectivity index is 1.98. The van der Waals surface area contributed by atoms with Crippen LogP contribution in [0, 0.1) is 0 Å². The zero-order valence-electron chi connectivity index (χ0n) is 11.4. The summed E-state index contributed by atoms with van der Waals surface area (Å²) >= 11 is 0. The van der Waals surface area contributed by atoms with Crippen LogP contribution in [0.3, 0.4) is 0 Å². The molecular weight excluding hydrogens is 260 g/mol. The maximum Gasteiger partial charge on any atom is 0.250 e. The summed E-state index contributed by atoms with van der Waals surface area (Å²) < 4.78 is 10.6. The van der Waals surface area contributed by atoms with Crippen molar-refractivity contribution < 1.29 is 19.1 Å². The van der Waals surface area contributed by atoms with Crippen molar-refractivity contribution in [2.45, 2.75) is 32.4 Å². The van der Waals surface area contributed by atoms with Gasteiger partial charge in [0.15, 0.2) is 11.5 Å². The van der Waals surface area contributed by atoms with Crippen LogP contribution in [-0.4, -0.2) is 30.7 Å². The number of fused-ring (bicyclic) bond motifs is 1. The van der Waals surface area contributed by atoms with Crippen molar-refractivity contribution in [3.63, 3.8) is 0 Å². The van der Waals surface area contributed by atoms with Gasteiger partial charge in [-0.2, -0.15) is 0 Å². The largest absolute Gasteiger partial charge is 0.454 e. The summed E-state index contributed by atoms with van der Waals surface area (Å²) in [5.74, 6) is 1.01. The molecule has 2 aliphatic heterocycles. The van der Waals surface area contributed by atoms with Crippen LogP contribution in [0.2, 0.25) is 0 Å². The van der Waals surface area contributed by atoms with Gasteiger partial charge in [0.05, 0.1) is 0 Å². The summed E-state index contributed by atoms with van der Waals surface area (Å²) in [6, 6.07) is 4.26. The van der Waals surface area contributed by atoms with E-state index >= 15 is 0 Å². The molecule has 1 N–H and O–H groups in total. The van der Waals surface area contributed by atoms with E-state index in [1.54, 1.807) is 25.1 Å². The molecule has 2 unspecified atom stereocenters. The number of nitrogens with zero attached hydrogens (tertiary/aromatic N) is 1. The van der Waals surface area contributed by atoms with E-state index in [0.717, 1.165) is 0 Å². The molecule has 0 spiro atoms. The van der Waals surface area contributed by atoms with Crippen molar-refractivity contribution in [2.24, 2.45) is 0 Å². The van der Waals surface area contributed by atoms with Crippen molar-refractivity contribution in [2.75, 3.05) is 11.7 Å². The first-order valence-corrected chi connectivity index (χ1v) is 6.65. The first-order chi connectivity index (χ1) is 9.61. The molecule has 0 aliphatic carbocycles. The average Bonchev–Trinajstić information content (AvgIpc) is 2.90. The van der Waals surface area contributed by atoms with Crippen molar-refractivity contribution in [3.05, 3.63) is 18.2 Å². The molecule has 1 saturated heterocycles. The van der Waals surface area contributed by atoms with E-state index in [-0.39, 0.29) is 18.6 Å². The highest BCUT2D eigenvalue weighted by Gasteiger charge is 2.38. The molecule has 0 aromatic heterocycles. The molecule has 0 bridgehead atoms. The van der Waals surface area contributed by atoms with E-state index in [0.29, 0.717) is 23.6 Å². The Labute approximate surface area is 116 Å². The Kier molecular flexibility index (Phi) is 3.00. The maximum absolute atomic E-state index is 12.5. The predicted molar refractivity (Wildman–Crippen MR) is 71.7 cm³/mol. The first kappa shape index (κ1) is 12.8. The number of hydrogen-bond donors (Lipinski definition) is 1. The SMILES string of the molecule is CCC1NC(=O)C(C)N(c2ccc3c(c2)OCO3)C1=O. The Morgan fingerprint density at radius 1 is 1.30 bits per heavy atom. The van der Waals surface area contributed by atoms with Gasteiger partial charge in [-0.1, -0.05) is 6.92 Å². The highest BCUT2D eigenvalue weighted by molar-refractivity contribution is 6.08. The summed E-state index contributed by atoms with van der Waals surface area (Å²) in [4.78, 5) is 25.9. The number of amides is 2. The summed E-state index contributed by atoms with van der Waals surface area (Å²) in [6.45, 7) is 3.76. The molecule has 1 aromatic rings. The predicted octanol–water partition coefficient (Wildman–Crippen LogP) is 1.05. The number of carbonyl (C=O) groups excluding carboxylic acids is 2. The minimum absolute atomic E-state index is 0.0986. The fourth-order valence-electron chi connectivity index (χ4n) is 2.49. The number of hydrogen-bond acceptors (Lipinski definition) is 4. The Bertz CT molecular complexity index is 572. The molecule has 0 saturated carbocycles. The molecule has 2 atom stereocenters. The molecule has 106 valence electrons. The van der Waals surface area contributed by atoms with Gasteiger partial charge in [-0.25, -0.2) is 0 Å². The van der Waals surface area contributed by atoms with Crippen molar-refractivity contribution in [1.82, 2.24) is 5.32 Å². The monoisotopic (exact) mass is 276 g/mol. The molecule has 3 rings (SSSR count). The molecule has 0 radical (unpaired) electrons. The number of carbonyl (C=O) groups is 2. The van der Waals surface area contributed by atoms with E-state index in [9.17, 15) is 9.59 Å². The lowest BCUT2D eigenvalue weighted by Crippen LogP contribution is -2.62. The van der Waals surface area contributed by atoms with E-state index < -0.39 is 12.1 Å². The van der Waals surface area contributed by atoms with Crippen LogP contribution in [0.1, 0.15) is 20.3 Å². The molecule has 1 aromatic carbocycles. The minimum atomic E-state index is -0.536. The van der Waals surface area contributed by atoms with Gasteiger partial charge in [0.2, 0.25) is 18.6 Å². The Morgan fingerprint density at radius 3 is 2.80 bits per heavy atom. The first-order valence-electron chi connectivity index (χ1n) is 6.65. The van der Waals surface area contributed by atoms with Crippen molar-refractivity contribution in [1.29, 1.82) is 0 Å². The van der Waals surface area contributed by atoms with Crippen LogP contribution in [0.5, 0.6) is 11.5 Å². The number of nitrogens with one attached hydrogen (secondary N) is 1. The molecule has 20 heavy (non-hydrogen) atoms. The van der Waals surface area contributed by atoms with Gasteiger partial charge in [-0.05, 0) is 25.5 Å². The molecule has 2 aliphatic rings. The van der Waals surface area contributed by atoms with Crippen LogP contribution in [0.25, 0.3) is 0 Å². The van der Waals surface area contributed by atoms with Crippen molar-refractivity contribution >= 4 is 17.5 Å². The normalized spacial score (nSPS) is 24.8. The maximum atomic E-state index is 12.5. The molecule has 6 nitrogen and oxygen atoms in total. The van der Waals surface area contributed by atoms with Crippen LogP contribution in [-0.2, 0) is 9.59 Å². The van der Waals surface area contributed by atoms with Gasteiger partial charge in [0, 0.05) is 11.8 Å². The second-order valence-corrected chi connectivity index (χ2v) is 4.89. The van der Waals surface area contributed by atoms with E-state index in [2.05, 4.69) is 5.32 Å². The highest BCUT2D eigenvalue weighted by atomic mass is 16.7. The van der Waals surface area contributed by atoms with Gasteiger partial charge >= 0.3 is 0 Å².